The Hall–Kier alpha value is -0.660. The van der Waals surface area contributed by atoms with Gasteiger partial charge in [-0.1, -0.05) is 0 Å². The van der Waals surface area contributed by atoms with E-state index in [2.05, 4.69) is 0 Å². The van der Waals surface area contributed by atoms with E-state index >= 15 is 0 Å². The SMILES string of the molecule is O=C([C@H](CO)NNS(=O)(=O)O)[C@H](O)[C@H](O)CO. The minimum atomic E-state index is -4.63. The Morgan fingerprint density at radius 3 is 2.06 bits per heavy atom. The van der Waals surface area contributed by atoms with Gasteiger partial charge in [-0.2, -0.15) is 8.42 Å². The maximum atomic E-state index is 11.3. The summed E-state index contributed by atoms with van der Waals surface area (Å²) in [5.74, 6) is -1.16. The molecule has 0 aliphatic rings. The number of hydrogen-bond acceptors (Lipinski definition) is 8. The van der Waals surface area contributed by atoms with Crippen molar-refractivity contribution in [2.24, 2.45) is 0 Å². The first-order valence-electron chi connectivity index (χ1n) is 4.34. The Labute approximate surface area is 96.7 Å². The van der Waals surface area contributed by atoms with Gasteiger partial charge in [-0.15, -0.1) is 4.83 Å². The van der Waals surface area contributed by atoms with Crippen molar-refractivity contribution >= 4 is 16.1 Å². The van der Waals surface area contributed by atoms with Gasteiger partial charge in [0.05, 0.1) is 13.2 Å². The summed E-state index contributed by atoms with van der Waals surface area (Å²) in [6, 6.07) is -1.59. The Balaban J connectivity index is 4.50. The van der Waals surface area contributed by atoms with Crippen LogP contribution in [0.5, 0.6) is 0 Å². The minimum absolute atomic E-state index is 0.892. The van der Waals surface area contributed by atoms with E-state index in [4.69, 9.17) is 25.0 Å². The van der Waals surface area contributed by atoms with Crippen LogP contribution in [-0.2, 0) is 15.1 Å². The van der Waals surface area contributed by atoms with Crippen molar-refractivity contribution in [2.75, 3.05) is 13.2 Å². The van der Waals surface area contributed by atoms with Gasteiger partial charge in [0.15, 0.2) is 5.78 Å². The van der Waals surface area contributed by atoms with Crippen molar-refractivity contribution in [2.45, 2.75) is 18.2 Å². The third-order valence-electron chi connectivity index (χ3n) is 1.73. The molecule has 102 valence electrons. The first-order valence-corrected chi connectivity index (χ1v) is 5.78. The monoisotopic (exact) mass is 274 g/mol. The van der Waals surface area contributed by atoms with E-state index in [1.807, 2.05) is 0 Å². The highest BCUT2D eigenvalue weighted by molar-refractivity contribution is 7.83. The molecule has 0 amide bonds. The standard InChI is InChI=1S/C6H14N2O8S/c9-1-3(7-8-17(14,15)16)5(12)6(13)4(11)2-10/h3-4,6-11,13H,1-2H2,(H,14,15,16)/t3-,4+,6+/m0/s1. The predicted octanol–water partition coefficient (Wildman–Crippen LogP) is -4.47. The highest BCUT2D eigenvalue weighted by atomic mass is 32.2. The van der Waals surface area contributed by atoms with E-state index in [1.54, 1.807) is 5.43 Å². The molecule has 0 bridgehead atoms. The van der Waals surface area contributed by atoms with Crippen molar-refractivity contribution < 1.29 is 38.2 Å². The normalized spacial score (nSPS) is 17.5. The average molecular weight is 274 g/mol. The third-order valence-corrected chi connectivity index (χ3v) is 2.11. The molecular weight excluding hydrogens is 260 g/mol. The van der Waals surface area contributed by atoms with Crippen LogP contribution in [0.3, 0.4) is 0 Å². The van der Waals surface area contributed by atoms with Gasteiger partial charge in [0.2, 0.25) is 0 Å². The number of rotatable bonds is 8. The molecule has 0 aromatic heterocycles. The second kappa shape index (κ2) is 6.93. The predicted molar refractivity (Wildman–Crippen MR) is 52.8 cm³/mol. The zero-order valence-electron chi connectivity index (χ0n) is 8.52. The summed E-state index contributed by atoms with van der Waals surface area (Å²) >= 11 is 0. The lowest BCUT2D eigenvalue weighted by Crippen LogP contribution is -2.54. The second-order valence-electron chi connectivity index (χ2n) is 3.05. The van der Waals surface area contributed by atoms with Gasteiger partial charge in [0.1, 0.15) is 18.2 Å². The molecule has 0 rings (SSSR count). The average Bonchev–Trinajstić information content (AvgIpc) is 2.25. The van der Waals surface area contributed by atoms with E-state index in [0.29, 0.717) is 0 Å². The fourth-order valence-electron chi connectivity index (χ4n) is 0.848. The van der Waals surface area contributed by atoms with Crippen molar-refractivity contribution in [3.8, 4) is 0 Å². The molecular formula is C6H14N2O8S. The molecule has 0 unspecified atom stereocenters. The van der Waals surface area contributed by atoms with Crippen LogP contribution in [0.2, 0.25) is 0 Å². The van der Waals surface area contributed by atoms with Gasteiger partial charge in [0, 0.05) is 0 Å². The van der Waals surface area contributed by atoms with Gasteiger partial charge in [-0.3, -0.25) is 9.35 Å². The molecule has 0 radical (unpaired) electrons. The lowest BCUT2D eigenvalue weighted by molar-refractivity contribution is -0.137. The van der Waals surface area contributed by atoms with E-state index in [0.717, 1.165) is 0 Å². The van der Waals surface area contributed by atoms with E-state index < -0.39 is 47.6 Å². The van der Waals surface area contributed by atoms with Crippen LogP contribution >= 0.6 is 0 Å². The summed E-state index contributed by atoms with van der Waals surface area (Å²) in [5, 5.41) is 35.3. The Morgan fingerprint density at radius 1 is 1.18 bits per heavy atom. The van der Waals surface area contributed by atoms with Gasteiger partial charge in [-0.25, -0.2) is 5.43 Å². The molecule has 0 spiro atoms. The smallest absolute Gasteiger partial charge is 0.346 e. The van der Waals surface area contributed by atoms with Crippen molar-refractivity contribution in [1.29, 1.82) is 0 Å². The highest BCUT2D eigenvalue weighted by Gasteiger charge is 2.30. The quantitative estimate of drug-likeness (QED) is 0.170. The molecule has 0 heterocycles. The maximum absolute atomic E-state index is 11.3. The van der Waals surface area contributed by atoms with Gasteiger partial charge < -0.3 is 20.4 Å². The van der Waals surface area contributed by atoms with Crippen molar-refractivity contribution in [1.82, 2.24) is 10.3 Å². The van der Waals surface area contributed by atoms with E-state index in [1.165, 1.54) is 4.83 Å². The Bertz CT molecular complexity index is 344. The molecule has 0 aliphatic carbocycles. The van der Waals surface area contributed by atoms with Gasteiger partial charge in [0.25, 0.3) is 0 Å². The van der Waals surface area contributed by atoms with Crippen LogP contribution in [0, 0.1) is 0 Å². The minimum Gasteiger partial charge on any atom is -0.394 e. The molecule has 0 fully saturated rings. The number of hydrogen-bond donors (Lipinski definition) is 7. The fourth-order valence-corrected chi connectivity index (χ4v) is 1.14. The number of carbonyl (C=O) groups is 1. The van der Waals surface area contributed by atoms with Crippen LogP contribution in [0.4, 0.5) is 0 Å². The summed E-state index contributed by atoms with van der Waals surface area (Å²) in [5.41, 5.74) is 1.73. The summed E-state index contributed by atoms with van der Waals surface area (Å²) in [4.78, 5) is 12.6. The number of aliphatic hydroxyl groups excluding tert-OH is 4. The summed E-state index contributed by atoms with van der Waals surface area (Å²) in [6.07, 6.45) is -3.77. The zero-order chi connectivity index (χ0) is 13.6. The molecule has 3 atom stereocenters. The lowest BCUT2D eigenvalue weighted by atomic mass is 10.0. The topological polar surface area (TPSA) is 176 Å². The number of hydrazine groups is 1. The molecule has 11 heteroatoms. The lowest BCUT2D eigenvalue weighted by Gasteiger charge is -2.20. The van der Waals surface area contributed by atoms with E-state index in [9.17, 15) is 13.2 Å². The molecule has 0 aromatic rings. The van der Waals surface area contributed by atoms with E-state index in [-0.39, 0.29) is 0 Å². The Morgan fingerprint density at radius 2 is 1.71 bits per heavy atom. The zero-order valence-corrected chi connectivity index (χ0v) is 9.33. The molecule has 17 heavy (non-hydrogen) atoms. The summed E-state index contributed by atoms with van der Waals surface area (Å²) < 4.78 is 28.8. The number of Topliss-reactive ketones (excluding diaryl/α,β-unsaturated/α-hetero) is 1. The summed E-state index contributed by atoms with van der Waals surface area (Å²) in [6.45, 7) is -1.80. The largest absolute Gasteiger partial charge is 0.394 e. The highest BCUT2D eigenvalue weighted by Crippen LogP contribution is 1.98. The van der Waals surface area contributed by atoms with Crippen LogP contribution in [0.1, 0.15) is 0 Å². The number of ketones is 1. The third kappa shape index (κ3) is 5.99. The molecule has 10 nitrogen and oxygen atoms in total. The molecule has 7 N–H and O–H groups in total. The van der Waals surface area contributed by atoms with Crippen LogP contribution in [0.15, 0.2) is 0 Å². The fraction of sp³-hybridized carbons (Fsp3) is 0.833. The first-order chi connectivity index (χ1) is 7.72. The maximum Gasteiger partial charge on any atom is 0.346 e. The van der Waals surface area contributed by atoms with Crippen LogP contribution in [0.25, 0.3) is 0 Å². The van der Waals surface area contributed by atoms with Gasteiger partial charge in [-0.05, 0) is 0 Å². The molecule has 0 aliphatic heterocycles. The van der Waals surface area contributed by atoms with Crippen molar-refractivity contribution in [3.05, 3.63) is 0 Å². The number of aliphatic hydroxyl groups is 4. The molecule has 0 aromatic carbocycles. The first kappa shape index (κ1) is 16.3. The van der Waals surface area contributed by atoms with Crippen LogP contribution in [-0.4, -0.2) is 70.6 Å². The van der Waals surface area contributed by atoms with Gasteiger partial charge >= 0.3 is 10.3 Å². The summed E-state index contributed by atoms with van der Waals surface area (Å²) in [7, 11) is -4.63. The number of nitrogens with one attached hydrogen (secondary N) is 2. The Kier molecular flexibility index (Phi) is 6.66. The molecule has 0 saturated carbocycles. The second-order valence-corrected chi connectivity index (χ2v) is 4.21. The molecule has 0 saturated heterocycles. The van der Waals surface area contributed by atoms with Crippen molar-refractivity contribution in [3.63, 3.8) is 0 Å². The number of carbonyl (C=O) groups excluding carboxylic acids is 1. The van der Waals surface area contributed by atoms with Crippen LogP contribution < -0.4 is 10.3 Å².